The first-order valence-corrected chi connectivity index (χ1v) is 8.11. The molecule has 1 heterocycles. The van der Waals surface area contributed by atoms with Crippen molar-refractivity contribution in [3.63, 3.8) is 0 Å². The van der Waals surface area contributed by atoms with Crippen LogP contribution in [0, 0.1) is 13.8 Å². The van der Waals surface area contributed by atoms with Crippen molar-refractivity contribution in [2.24, 2.45) is 0 Å². The maximum absolute atomic E-state index is 12.4. The second-order valence-electron chi connectivity index (χ2n) is 4.94. The van der Waals surface area contributed by atoms with Crippen LogP contribution < -0.4 is 4.18 Å². The van der Waals surface area contributed by atoms with Crippen LogP contribution in [-0.4, -0.2) is 18.4 Å². The molecule has 0 aliphatic heterocycles. The molecular weight excluding hydrogens is 300 g/mol. The van der Waals surface area contributed by atoms with E-state index in [0.717, 1.165) is 5.56 Å². The molecule has 6 heteroatoms. The molecule has 2 aromatic carbocycles. The first-order chi connectivity index (χ1) is 10.5. The van der Waals surface area contributed by atoms with E-state index < -0.39 is 10.1 Å². The number of aromatic nitrogens is 2. The SMILES string of the molecule is Cc1ccc(S(=O)(=O)Oc2nc(C)nc3ccccc23)cc1. The number of rotatable bonds is 3. The molecule has 0 amide bonds. The first kappa shape index (κ1) is 14.5. The molecule has 0 radical (unpaired) electrons. The van der Waals surface area contributed by atoms with E-state index in [0.29, 0.717) is 16.7 Å². The van der Waals surface area contributed by atoms with Crippen LogP contribution in [-0.2, 0) is 10.1 Å². The van der Waals surface area contributed by atoms with Gasteiger partial charge in [0.25, 0.3) is 0 Å². The number of fused-ring (bicyclic) bond motifs is 1. The molecule has 3 aromatic rings. The highest BCUT2D eigenvalue weighted by atomic mass is 32.2. The summed E-state index contributed by atoms with van der Waals surface area (Å²) in [6.07, 6.45) is 0. The minimum Gasteiger partial charge on any atom is -0.357 e. The lowest BCUT2D eigenvalue weighted by Gasteiger charge is -2.09. The molecule has 0 aliphatic rings. The van der Waals surface area contributed by atoms with Gasteiger partial charge in [-0.1, -0.05) is 29.8 Å². The van der Waals surface area contributed by atoms with Crippen LogP contribution in [0.25, 0.3) is 10.9 Å². The Morgan fingerprint density at radius 1 is 0.909 bits per heavy atom. The fraction of sp³-hybridized carbons (Fsp3) is 0.125. The van der Waals surface area contributed by atoms with Gasteiger partial charge in [0.15, 0.2) is 0 Å². The second kappa shape index (κ2) is 5.38. The van der Waals surface area contributed by atoms with Gasteiger partial charge in [0.2, 0.25) is 5.88 Å². The van der Waals surface area contributed by atoms with Crippen molar-refractivity contribution in [1.82, 2.24) is 9.97 Å². The van der Waals surface area contributed by atoms with Crippen molar-refractivity contribution >= 4 is 21.0 Å². The molecule has 0 spiro atoms. The van der Waals surface area contributed by atoms with Crippen molar-refractivity contribution in [1.29, 1.82) is 0 Å². The maximum Gasteiger partial charge on any atom is 0.340 e. The Balaban J connectivity index is 2.07. The molecule has 0 saturated carbocycles. The molecule has 0 N–H and O–H groups in total. The van der Waals surface area contributed by atoms with Gasteiger partial charge < -0.3 is 4.18 Å². The molecule has 0 atom stereocenters. The third kappa shape index (κ3) is 2.78. The van der Waals surface area contributed by atoms with Crippen LogP contribution in [0.15, 0.2) is 53.4 Å². The van der Waals surface area contributed by atoms with Gasteiger partial charge in [0.05, 0.1) is 10.9 Å². The standard InChI is InChI=1S/C16H14N2O3S/c1-11-7-9-13(10-8-11)22(19,20)21-16-14-5-3-4-6-15(14)17-12(2)18-16/h3-10H,1-2H3. The zero-order valence-corrected chi connectivity index (χ0v) is 13.0. The molecule has 0 bridgehead atoms. The highest BCUT2D eigenvalue weighted by Gasteiger charge is 2.19. The van der Waals surface area contributed by atoms with Crippen molar-refractivity contribution < 1.29 is 12.6 Å². The lowest BCUT2D eigenvalue weighted by Crippen LogP contribution is -2.11. The van der Waals surface area contributed by atoms with Crippen molar-refractivity contribution in [2.45, 2.75) is 18.7 Å². The third-order valence-electron chi connectivity index (χ3n) is 3.18. The Bertz CT molecular complexity index is 935. The summed E-state index contributed by atoms with van der Waals surface area (Å²) < 4.78 is 30.0. The molecule has 1 aromatic heterocycles. The summed E-state index contributed by atoms with van der Waals surface area (Å²) in [6, 6.07) is 13.6. The van der Waals surface area contributed by atoms with Gasteiger partial charge in [-0.25, -0.2) is 4.98 Å². The average molecular weight is 314 g/mol. The zero-order chi connectivity index (χ0) is 15.7. The second-order valence-corrected chi connectivity index (χ2v) is 6.49. The van der Waals surface area contributed by atoms with Crippen LogP contribution >= 0.6 is 0 Å². The molecule has 112 valence electrons. The van der Waals surface area contributed by atoms with Gasteiger partial charge in [-0.2, -0.15) is 13.4 Å². The fourth-order valence-corrected chi connectivity index (χ4v) is 2.98. The number of benzene rings is 2. The summed E-state index contributed by atoms with van der Waals surface area (Å²) in [7, 11) is -3.93. The van der Waals surface area contributed by atoms with Gasteiger partial charge >= 0.3 is 10.1 Å². The Morgan fingerprint density at radius 2 is 1.59 bits per heavy atom. The number of aryl methyl sites for hydroxylation is 2. The van der Waals surface area contributed by atoms with Gasteiger partial charge in [-0.05, 0) is 38.1 Å². The largest absolute Gasteiger partial charge is 0.357 e. The number of hydrogen-bond acceptors (Lipinski definition) is 5. The van der Waals surface area contributed by atoms with Gasteiger partial charge in [0, 0.05) is 0 Å². The minimum atomic E-state index is -3.93. The van der Waals surface area contributed by atoms with Crippen molar-refractivity contribution in [2.75, 3.05) is 0 Å². The number of para-hydroxylation sites is 1. The number of hydrogen-bond donors (Lipinski definition) is 0. The van der Waals surface area contributed by atoms with E-state index in [4.69, 9.17) is 4.18 Å². The van der Waals surface area contributed by atoms with E-state index in [2.05, 4.69) is 9.97 Å². The van der Waals surface area contributed by atoms with Crippen LogP contribution in [0.1, 0.15) is 11.4 Å². The maximum atomic E-state index is 12.4. The van der Waals surface area contributed by atoms with Crippen LogP contribution in [0.2, 0.25) is 0 Å². The Hall–Kier alpha value is -2.47. The van der Waals surface area contributed by atoms with Crippen LogP contribution in [0.4, 0.5) is 0 Å². The lowest BCUT2D eigenvalue weighted by atomic mass is 10.2. The highest BCUT2D eigenvalue weighted by Crippen LogP contribution is 2.25. The monoisotopic (exact) mass is 314 g/mol. The molecule has 22 heavy (non-hydrogen) atoms. The third-order valence-corrected chi connectivity index (χ3v) is 4.41. The smallest absolute Gasteiger partial charge is 0.340 e. The van der Waals surface area contributed by atoms with Crippen molar-refractivity contribution in [3.05, 3.63) is 59.9 Å². The molecule has 0 fully saturated rings. The summed E-state index contributed by atoms with van der Waals surface area (Å²) in [6.45, 7) is 3.58. The summed E-state index contributed by atoms with van der Waals surface area (Å²) >= 11 is 0. The Kier molecular flexibility index (Phi) is 3.54. The Labute approximate surface area is 128 Å². The zero-order valence-electron chi connectivity index (χ0n) is 12.1. The molecule has 0 saturated heterocycles. The topological polar surface area (TPSA) is 69.2 Å². The summed E-state index contributed by atoms with van der Waals surface area (Å²) in [5.74, 6) is 0.497. The first-order valence-electron chi connectivity index (χ1n) is 6.70. The minimum absolute atomic E-state index is 0.0451. The number of nitrogens with zero attached hydrogens (tertiary/aromatic N) is 2. The van der Waals surface area contributed by atoms with Crippen LogP contribution in [0.3, 0.4) is 0 Å². The van der Waals surface area contributed by atoms with Gasteiger partial charge in [0.1, 0.15) is 10.7 Å². The molecule has 3 rings (SSSR count). The van der Waals surface area contributed by atoms with E-state index in [9.17, 15) is 8.42 Å². The predicted molar refractivity (Wildman–Crippen MR) is 83.3 cm³/mol. The lowest BCUT2D eigenvalue weighted by molar-refractivity contribution is 0.478. The van der Waals surface area contributed by atoms with Crippen molar-refractivity contribution in [3.8, 4) is 5.88 Å². The van der Waals surface area contributed by atoms with Gasteiger partial charge in [-0.15, -0.1) is 0 Å². The normalized spacial score (nSPS) is 11.5. The summed E-state index contributed by atoms with van der Waals surface area (Å²) in [5.41, 5.74) is 1.62. The van der Waals surface area contributed by atoms with E-state index in [-0.39, 0.29) is 10.8 Å². The summed E-state index contributed by atoms with van der Waals surface area (Å²) in [4.78, 5) is 8.48. The molecule has 0 unspecified atom stereocenters. The van der Waals surface area contributed by atoms with Gasteiger partial charge in [-0.3, -0.25) is 0 Å². The quantitative estimate of drug-likeness (QED) is 0.695. The predicted octanol–water partition coefficient (Wildman–Crippen LogP) is 3.01. The fourth-order valence-electron chi connectivity index (χ4n) is 2.08. The average Bonchev–Trinajstić information content (AvgIpc) is 2.47. The van der Waals surface area contributed by atoms with E-state index >= 15 is 0 Å². The van der Waals surface area contributed by atoms with E-state index in [1.165, 1.54) is 12.1 Å². The molecule has 5 nitrogen and oxygen atoms in total. The highest BCUT2D eigenvalue weighted by molar-refractivity contribution is 7.87. The van der Waals surface area contributed by atoms with E-state index in [1.54, 1.807) is 37.3 Å². The Morgan fingerprint density at radius 3 is 2.32 bits per heavy atom. The molecule has 0 aliphatic carbocycles. The summed E-state index contributed by atoms with van der Waals surface area (Å²) in [5, 5.41) is 0.559. The molecular formula is C16H14N2O3S. The van der Waals surface area contributed by atoms with E-state index in [1.807, 2.05) is 13.0 Å². The van der Waals surface area contributed by atoms with Crippen LogP contribution in [0.5, 0.6) is 5.88 Å².